The van der Waals surface area contributed by atoms with Gasteiger partial charge in [-0.15, -0.1) is 0 Å². The molecule has 2 fully saturated rings. The second kappa shape index (κ2) is 8.37. The lowest BCUT2D eigenvalue weighted by Gasteiger charge is -2.29. The average molecular weight is 391 g/mol. The lowest BCUT2D eigenvalue weighted by atomic mass is 9.76. The van der Waals surface area contributed by atoms with Crippen LogP contribution in [0.2, 0.25) is 0 Å². The number of benzene rings is 1. The predicted octanol–water partition coefficient (Wildman–Crippen LogP) is 3.25. The number of carbonyl (C=O) groups is 1. The van der Waals surface area contributed by atoms with Crippen LogP contribution in [-0.4, -0.2) is 53.4 Å². The lowest BCUT2D eigenvalue weighted by Crippen LogP contribution is -2.37. The van der Waals surface area contributed by atoms with Crippen LogP contribution in [0.3, 0.4) is 0 Å². The topological polar surface area (TPSA) is 62.5 Å². The van der Waals surface area contributed by atoms with E-state index < -0.39 is 0 Å². The first kappa shape index (κ1) is 19.6. The van der Waals surface area contributed by atoms with Gasteiger partial charge in [0.05, 0.1) is 5.56 Å². The summed E-state index contributed by atoms with van der Waals surface area (Å²) in [4.78, 5) is 21.8. The summed E-state index contributed by atoms with van der Waals surface area (Å²) in [5.74, 6) is 1.03. The summed E-state index contributed by atoms with van der Waals surface area (Å²) >= 11 is 0. The Labute approximate surface area is 173 Å². The largest absolute Gasteiger partial charge is 0.384 e. The molecule has 2 saturated heterocycles. The molecule has 5 heteroatoms. The molecule has 3 heterocycles. The monoisotopic (exact) mass is 390 g/mol. The molecule has 1 amide bonds. The van der Waals surface area contributed by atoms with Crippen molar-refractivity contribution >= 4 is 11.7 Å². The molecule has 0 bridgehead atoms. The molecule has 2 atom stereocenters. The summed E-state index contributed by atoms with van der Waals surface area (Å²) in [5.41, 5.74) is 7.84. The number of hydrogen-bond acceptors (Lipinski definition) is 4. The van der Waals surface area contributed by atoms with Gasteiger partial charge in [0.1, 0.15) is 5.82 Å². The molecule has 0 spiro atoms. The van der Waals surface area contributed by atoms with Crippen LogP contribution >= 0.6 is 0 Å². The molecule has 0 saturated carbocycles. The first-order valence-corrected chi connectivity index (χ1v) is 10.5. The molecule has 2 unspecified atom stereocenters. The molecule has 1 aromatic carbocycles. The highest BCUT2D eigenvalue weighted by Crippen LogP contribution is 2.46. The summed E-state index contributed by atoms with van der Waals surface area (Å²) in [5, 5.41) is 0. The number of nitrogens with two attached hydrogens (primary N) is 1. The van der Waals surface area contributed by atoms with Gasteiger partial charge in [0, 0.05) is 44.3 Å². The standard InChI is InChI=1S/C24H30N4O/c1-2-3-13-27-15-21-16-28(23(29)20-9-10-22(25)26-14-20)18-24(21,17-27)12-11-19-7-5-4-6-8-19/h2-10,14,21H,11-13,15-18H2,1H3,(H2,25,26)/b3-2+. The fraction of sp³-hybridized carbons (Fsp3) is 0.417. The van der Waals surface area contributed by atoms with Gasteiger partial charge in [0.15, 0.2) is 0 Å². The zero-order chi connectivity index (χ0) is 20.3. The highest BCUT2D eigenvalue weighted by Gasteiger charge is 2.52. The lowest BCUT2D eigenvalue weighted by molar-refractivity contribution is 0.0758. The number of rotatable bonds is 6. The van der Waals surface area contributed by atoms with Crippen molar-refractivity contribution in [2.24, 2.45) is 11.3 Å². The molecule has 2 aromatic rings. The molecule has 0 radical (unpaired) electrons. The van der Waals surface area contributed by atoms with Crippen molar-refractivity contribution in [2.75, 3.05) is 38.5 Å². The number of aryl methyl sites for hydroxylation is 1. The summed E-state index contributed by atoms with van der Waals surface area (Å²) < 4.78 is 0. The third kappa shape index (κ3) is 4.20. The van der Waals surface area contributed by atoms with Gasteiger partial charge in [0.25, 0.3) is 5.91 Å². The van der Waals surface area contributed by atoms with Gasteiger partial charge in [-0.2, -0.15) is 0 Å². The average Bonchev–Trinajstić information content (AvgIpc) is 3.25. The number of likely N-dealkylation sites (tertiary alicyclic amines) is 2. The van der Waals surface area contributed by atoms with Crippen LogP contribution in [0.5, 0.6) is 0 Å². The fourth-order valence-corrected chi connectivity index (χ4v) is 4.95. The first-order valence-electron chi connectivity index (χ1n) is 10.5. The van der Waals surface area contributed by atoms with E-state index in [0.29, 0.717) is 17.3 Å². The predicted molar refractivity (Wildman–Crippen MR) is 116 cm³/mol. The summed E-state index contributed by atoms with van der Waals surface area (Å²) in [7, 11) is 0. The van der Waals surface area contributed by atoms with Gasteiger partial charge >= 0.3 is 0 Å². The van der Waals surface area contributed by atoms with E-state index in [1.807, 2.05) is 4.90 Å². The van der Waals surface area contributed by atoms with Crippen LogP contribution in [0.1, 0.15) is 29.3 Å². The highest BCUT2D eigenvalue weighted by molar-refractivity contribution is 5.94. The Kier molecular flexibility index (Phi) is 5.67. The zero-order valence-electron chi connectivity index (χ0n) is 17.1. The number of aromatic nitrogens is 1. The van der Waals surface area contributed by atoms with Crippen LogP contribution in [0.25, 0.3) is 0 Å². The second-order valence-corrected chi connectivity index (χ2v) is 8.47. The van der Waals surface area contributed by atoms with Gasteiger partial charge in [0.2, 0.25) is 0 Å². The number of nitrogens with zero attached hydrogens (tertiary/aromatic N) is 3. The minimum Gasteiger partial charge on any atom is -0.384 e. The van der Waals surface area contributed by atoms with Crippen molar-refractivity contribution in [1.82, 2.24) is 14.8 Å². The van der Waals surface area contributed by atoms with E-state index in [-0.39, 0.29) is 11.3 Å². The van der Waals surface area contributed by atoms with E-state index in [4.69, 9.17) is 5.73 Å². The Morgan fingerprint density at radius 2 is 2.03 bits per heavy atom. The van der Waals surface area contributed by atoms with E-state index in [1.54, 1.807) is 18.3 Å². The quantitative estimate of drug-likeness (QED) is 0.769. The Morgan fingerprint density at radius 3 is 2.76 bits per heavy atom. The second-order valence-electron chi connectivity index (χ2n) is 8.47. The Balaban J connectivity index is 1.51. The normalized spacial score (nSPS) is 24.3. The Bertz CT molecular complexity index is 864. The van der Waals surface area contributed by atoms with Crippen LogP contribution in [0.4, 0.5) is 5.82 Å². The molecular weight excluding hydrogens is 360 g/mol. The Hall–Kier alpha value is -2.66. The smallest absolute Gasteiger partial charge is 0.255 e. The molecule has 29 heavy (non-hydrogen) atoms. The van der Waals surface area contributed by atoms with Gasteiger partial charge in [-0.3, -0.25) is 9.69 Å². The minimum atomic E-state index is 0.0750. The SMILES string of the molecule is C/C=C/CN1CC2CN(C(=O)c3ccc(N)nc3)CC2(CCc2ccccc2)C1. The summed E-state index contributed by atoms with van der Waals surface area (Å²) in [6.45, 7) is 6.82. The van der Waals surface area contributed by atoms with Crippen molar-refractivity contribution in [1.29, 1.82) is 0 Å². The molecule has 1 aromatic heterocycles. The molecule has 2 aliphatic rings. The van der Waals surface area contributed by atoms with Crippen LogP contribution in [-0.2, 0) is 6.42 Å². The van der Waals surface area contributed by atoms with Crippen molar-refractivity contribution in [3.05, 3.63) is 71.9 Å². The molecular formula is C24H30N4O. The zero-order valence-corrected chi connectivity index (χ0v) is 17.1. The summed E-state index contributed by atoms with van der Waals surface area (Å²) in [6.07, 6.45) is 8.11. The number of fused-ring (bicyclic) bond motifs is 1. The van der Waals surface area contributed by atoms with E-state index in [0.717, 1.165) is 45.6 Å². The molecule has 5 nitrogen and oxygen atoms in total. The molecule has 152 valence electrons. The van der Waals surface area contributed by atoms with E-state index in [9.17, 15) is 4.79 Å². The Morgan fingerprint density at radius 1 is 1.21 bits per heavy atom. The van der Waals surface area contributed by atoms with E-state index in [1.165, 1.54) is 5.56 Å². The summed E-state index contributed by atoms with van der Waals surface area (Å²) in [6, 6.07) is 14.2. The third-order valence-corrected chi connectivity index (χ3v) is 6.50. The van der Waals surface area contributed by atoms with Crippen LogP contribution in [0, 0.1) is 11.3 Å². The van der Waals surface area contributed by atoms with Crippen molar-refractivity contribution in [3.8, 4) is 0 Å². The number of nitrogen functional groups attached to an aromatic ring is 1. The number of carbonyl (C=O) groups excluding carboxylic acids is 1. The van der Waals surface area contributed by atoms with E-state index >= 15 is 0 Å². The minimum absolute atomic E-state index is 0.0750. The van der Waals surface area contributed by atoms with Crippen LogP contribution < -0.4 is 5.73 Å². The van der Waals surface area contributed by atoms with E-state index in [2.05, 4.69) is 59.3 Å². The highest BCUT2D eigenvalue weighted by atomic mass is 16.2. The molecule has 2 N–H and O–H groups in total. The van der Waals surface area contributed by atoms with Crippen molar-refractivity contribution in [2.45, 2.75) is 19.8 Å². The van der Waals surface area contributed by atoms with Gasteiger partial charge < -0.3 is 10.6 Å². The van der Waals surface area contributed by atoms with Crippen LogP contribution in [0.15, 0.2) is 60.8 Å². The number of anilines is 1. The first-order chi connectivity index (χ1) is 14.1. The molecule has 0 aliphatic carbocycles. The van der Waals surface area contributed by atoms with Crippen molar-refractivity contribution < 1.29 is 4.79 Å². The van der Waals surface area contributed by atoms with Gasteiger partial charge in [-0.1, -0.05) is 42.5 Å². The maximum Gasteiger partial charge on any atom is 0.255 e. The maximum absolute atomic E-state index is 13.1. The van der Waals surface area contributed by atoms with Gasteiger partial charge in [-0.05, 0) is 43.4 Å². The van der Waals surface area contributed by atoms with Gasteiger partial charge in [-0.25, -0.2) is 4.98 Å². The fourth-order valence-electron chi connectivity index (χ4n) is 4.95. The number of hydrogen-bond donors (Lipinski definition) is 1. The molecule has 2 aliphatic heterocycles. The van der Waals surface area contributed by atoms with Crippen molar-refractivity contribution in [3.63, 3.8) is 0 Å². The molecule has 4 rings (SSSR count). The third-order valence-electron chi connectivity index (χ3n) is 6.50. The number of allylic oxidation sites excluding steroid dienone is 1. The number of amides is 1. The maximum atomic E-state index is 13.1. The number of pyridine rings is 1.